The van der Waals surface area contributed by atoms with Gasteiger partial charge in [0.05, 0.1) is 0 Å². The van der Waals surface area contributed by atoms with Crippen molar-refractivity contribution in [1.29, 1.82) is 0 Å². The van der Waals surface area contributed by atoms with Crippen LogP contribution in [0.15, 0.2) is 34.7 Å². The number of anilines is 1. The van der Waals surface area contributed by atoms with Gasteiger partial charge in [0, 0.05) is 18.4 Å². The molecule has 2 aromatic heterocycles. The zero-order valence-electron chi connectivity index (χ0n) is 10.6. The number of hydrogen-bond acceptors (Lipinski definition) is 5. The lowest BCUT2D eigenvalue weighted by Crippen LogP contribution is -2.25. The lowest BCUT2D eigenvalue weighted by atomic mass is 10.2. The average Bonchev–Trinajstić information content (AvgIpc) is 3.04. The molecule has 7 heteroatoms. The van der Waals surface area contributed by atoms with Crippen LogP contribution in [0.1, 0.15) is 16.4 Å². The lowest BCUT2D eigenvalue weighted by molar-refractivity contribution is 0.0928. The average molecular weight is 271 g/mol. The second-order valence-electron chi connectivity index (χ2n) is 4.29. The van der Waals surface area contributed by atoms with Crippen LogP contribution < -0.4 is 11.1 Å². The molecule has 7 nitrogen and oxygen atoms in total. The minimum Gasteiger partial charge on any atom is -0.451 e. The zero-order valence-corrected chi connectivity index (χ0v) is 10.6. The molecule has 102 valence electrons. The molecule has 3 rings (SSSR count). The summed E-state index contributed by atoms with van der Waals surface area (Å²) in [5.74, 6) is 0.869. The molecule has 0 saturated heterocycles. The SMILES string of the molecule is Nc1n[nH]c(CCNC(=O)c2cc3ccccc3o2)n1. The largest absolute Gasteiger partial charge is 0.451 e. The Morgan fingerprint density at radius 3 is 3.00 bits per heavy atom. The van der Waals surface area contributed by atoms with Crippen LogP contribution in [0.25, 0.3) is 11.0 Å². The van der Waals surface area contributed by atoms with Gasteiger partial charge in [-0.3, -0.25) is 9.89 Å². The van der Waals surface area contributed by atoms with Gasteiger partial charge in [-0.25, -0.2) is 0 Å². The molecule has 2 heterocycles. The number of H-pyrrole nitrogens is 1. The van der Waals surface area contributed by atoms with Gasteiger partial charge in [-0.15, -0.1) is 5.10 Å². The van der Waals surface area contributed by atoms with E-state index < -0.39 is 0 Å². The maximum Gasteiger partial charge on any atom is 0.287 e. The summed E-state index contributed by atoms with van der Waals surface area (Å²) in [7, 11) is 0. The van der Waals surface area contributed by atoms with E-state index >= 15 is 0 Å². The number of furan rings is 1. The summed E-state index contributed by atoms with van der Waals surface area (Å²) in [6, 6.07) is 9.20. The number of aromatic nitrogens is 3. The number of nitrogens with zero attached hydrogens (tertiary/aromatic N) is 2. The molecule has 20 heavy (non-hydrogen) atoms. The number of rotatable bonds is 4. The number of fused-ring (bicyclic) bond motifs is 1. The van der Waals surface area contributed by atoms with E-state index in [0.717, 1.165) is 5.39 Å². The number of para-hydroxylation sites is 1. The van der Waals surface area contributed by atoms with Crippen molar-refractivity contribution in [2.24, 2.45) is 0 Å². The molecule has 0 saturated carbocycles. The topological polar surface area (TPSA) is 110 Å². The van der Waals surface area contributed by atoms with E-state index in [1.165, 1.54) is 0 Å². The highest BCUT2D eigenvalue weighted by Gasteiger charge is 2.11. The first-order valence-corrected chi connectivity index (χ1v) is 6.16. The first-order chi connectivity index (χ1) is 9.72. The molecule has 0 unspecified atom stereocenters. The van der Waals surface area contributed by atoms with E-state index in [1.54, 1.807) is 6.07 Å². The number of carbonyl (C=O) groups excluding carboxylic acids is 1. The monoisotopic (exact) mass is 271 g/mol. The Labute approximate surface area is 114 Å². The van der Waals surface area contributed by atoms with Crippen LogP contribution in [-0.4, -0.2) is 27.6 Å². The summed E-state index contributed by atoms with van der Waals surface area (Å²) >= 11 is 0. The second kappa shape index (κ2) is 5.04. The van der Waals surface area contributed by atoms with Gasteiger partial charge >= 0.3 is 0 Å². The number of hydrogen-bond donors (Lipinski definition) is 3. The molecule has 1 aromatic carbocycles. The maximum absolute atomic E-state index is 11.9. The highest BCUT2D eigenvalue weighted by Crippen LogP contribution is 2.18. The molecule has 0 atom stereocenters. The predicted octanol–water partition coefficient (Wildman–Crippen LogP) is 1.11. The standard InChI is InChI=1S/C13H13N5O2/c14-13-16-11(17-18-13)5-6-15-12(19)10-7-8-3-1-2-4-9(8)20-10/h1-4,7H,5-6H2,(H,15,19)(H3,14,16,17,18). The van der Waals surface area contributed by atoms with Crippen molar-refractivity contribution in [1.82, 2.24) is 20.5 Å². The van der Waals surface area contributed by atoms with E-state index in [0.29, 0.717) is 30.1 Å². The first-order valence-electron chi connectivity index (χ1n) is 6.16. The maximum atomic E-state index is 11.9. The summed E-state index contributed by atoms with van der Waals surface area (Å²) in [5, 5.41) is 10.1. The number of aromatic amines is 1. The second-order valence-corrected chi connectivity index (χ2v) is 4.29. The summed E-state index contributed by atoms with van der Waals surface area (Å²) in [5.41, 5.74) is 6.08. The van der Waals surface area contributed by atoms with Crippen LogP contribution in [0.2, 0.25) is 0 Å². The molecule has 0 radical (unpaired) electrons. The smallest absolute Gasteiger partial charge is 0.287 e. The summed E-state index contributed by atoms with van der Waals surface area (Å²) in [4.78, 5) is 15.9. The van der Waals surface area contributed by atoms with Crippen LogP contribution >= 0.6 is 0 Å². The highest BCUT2D eigenvalue weighted by molar-refractivity contribution is 5.96. The Morgan fingerprint density at radius 1 is 1.40 bits per heavy atom. The molecule has 0 bridgehead atoms. The van der Waals surface area contributed by atoms with Crippen LogP contribution in [0.3, 0.4) is 0 Å². The van der Waals surface area contributed by atoms with Gasteiger partial charge in [-0.2, -0.15) is 4.98 Å². The highest BCUT2D eigenvalue weighted by atomic mass is 16.3. The van der Waals surface area contributed by atoms with Gasteiger partial charge in [0.1, 0.15) is 11.4 Å². The van der Waals surface area contributed by atoms with Crippen molar-refractivity contribution < 1.29 is 9.21 Å². The van der Waals surface area contributed by atoms with Crippen LogP contribution in [0.5, 0.6) is 0 Å². The van der Waals surface area contributed by atoms with Crippen molar-refractivity contribution >= 4 is 22.8 Å². The van der Waals surface area contributed by atoms with Gasteiger partial charge in [0.15, 0.2) is 5.76 Å². The Hall–Kier alpha value is -2.83. The Morgan fingerprint density at radius 2 is 2.25 bits per heavy atom. The van der Waals surface area contributed by atoms with E-state index in [-0.39, 0.29) is 11.9 Å². The molecule has 0 spiro atoms. The Kier molecular flexibility index (Phi) is 3.08. The van der Waals surface area contributed by atoms with E-state index in [1.807, 2.05) is 24.3 Å². The van der Waals surface area contributed by atoms with Gasteiger partial charge < -0.3 is 15.5 Å². The number of nitrogen functional groups attached to an aromatic ring is 1. The van der Waals surface area contributed by atoms with Crippen molar-refractivity contribution in [3.8, 4) is 0 Å². The van der Waals surface area contributed by atoms with Crippen molar-refractivity contribution in [2.45, 2.75) is 6.42 Å². The third kappa shape index (κ3) is 2.46. The van der Waals surface area contributed by atoms with E-state index in [9.17, 15) is 4.79 Å². The van der Waals surface area contributed by atoms with E-state index in [4.69, 9.17) is 10.2 Å². The number of nitrogens with one attached hydrogen (secondary N) is 2. The van der Waals surface area contributed by atoms with Crippen LogP contribution in [0.4, 0.5) is 5.95 Å². The molecule has 0 aliphatic rings. The lowest BCUT2D eigenvalue weighted by Gasteiger charge is -2.00. The van der Waals surface area contributed by atoms with Gasteiger partial charge in [-0.1, -0.05) is 18.2 Å². The quantitative estimate of drug-likeness (QED) is 0.658. The summed E-state index contributed by atoms with van der Waals surface area (Å²) in [6.07, 6.45) is 0.524. The normalized spacial score (nSPS) is 10.8. The van der Waals surface area contributed by atoms with Crippen molar-refractivity contribution in [3.05, 3.63) is 41.9 Å². The minimum atomic E-state index is -0.256. The third-order valence-corrected chi connectivity index (χ3v) is 2.85. The zero-order chi connectivity index (χ0) is 13.9. The fourth-order valence-electron chi connectivity index (χ4n) is 1.90. The Bertz CT molecular complexity index is 713. The minimum absolute atomic E-state index is 0.198. The fraction of sp³-hybridized carbons (Fsp3) is 0.154. The third-order valence-electron chi connectivity index (χ3n) is 2.85. The first kappa shape index (κ1) is 12.2. The molecular formula is C13H13N5O2. The number of carbonyl (C=O) groups is 1. The molecular weight excluding hydrogens is 258 g/mol. The Balaban J connectivity index is 1.61. The molecule has 4 N–H and O–H groups in total. The molecule has 0 fully saturated rings. The molecule has 0 aliphatic carbocycles. The molecule has 1 amide bonds. The van der Waals surface area contributed by atoms with Gasteiger partial charge in [0.2, 0.25) is 5.95 Å². The number of nitrogens with two attached hydrogens (primary N) is 1. The predicted molar refractivity (Wildman–Crippen MR) is 73.0 cm³/mol. The van der Waals surface area contributed by atoms with Crippen LogP contribution in [-0.2, 0) is 6.42 Å². The van der Waals surface area contributed by atoms with Crippen molar-refractivity contribution in [3.63, 3.8) is 0 Å². The molecule has 0 aliphatic heterocycles. The number of benzene rings is 1. The fourth-order valence-corrected chi connectivity index (χ4v) is 1.90. The summed E-state index contributed by atoms with van der Waals surface area (Å²) < 4.78 is 5.47. The van der Waals surface area contributed by atoms with Gasteiger partial charge in [-0.05, 0) is 12.1 Å². The van der Waals surface area contributed by atoms with Crippen molar-refractivity contribution in [2.75, 3.05) is 12.3 Å². The number of amides is 1. The van der Waals surface area contributed by atoms with Gasteiger partial charge in [0.25, 0.3) is 5.91 Å². The van der Waals surface area contributed by atoms with Crippen LogP contribution in [0, 0.1) is 0 Å². The summed E-state index contributed by atoms with van der Waals surface area (Å²) in [6.45, 7) is 0.421. The van der Waals surface area contributed by atoms with E-state index in [2.05, 4.69) is 20.5 Å². The molecule has 3 aromatic rings.